The minimum Gasteiger partial charge on any atom is -0.441 e. The lowest BCUT2D eigenvalue weighted by molar-refractivity contribution is 0.0316. The van der Waals surface area contributed by atoms with Gasteiger partial charge >= 0.3 is 6.09 Å². The van der Waals surface area contributed by atoms with Crippen molar-refractivity contribution in [1.29, 1.82) is 0 Å². The standard InChI is InChI=1S/C13H22N2O2/c16-12-15(11-4-2-1-3-5-11)10-13(17-12)6-8-14-9-7-13/h11,14H,1-10H2. The van der Waals surface area contributed by atoms with E-state index in [1.807, 2.05) is 4.90 Å². The highest BCUT2D eigenvalue weighted by molar-refractivity contribution is 5.71. The average Bonchev–Trinajstić information content (AvgIpc) is 2.68. The first-order valence-corrected chi connectivity index (χ1v) is 6.99. The predicted molar refractivity (Wildman–Crippen MR) is 64.9 cm³/mol. The van der Waals surface area contributed by atoms with Crippen LogP contribution in [0.3, 0.4) is 0 Å². The Morgan fingerprint density at radius 1 is 1.18 bits per heavy atom. The molecule has 0 atom stereocenters. The van der Waals surface area contributed by atoms with Gasteiger partial charge in [0.1, 0.15) is 5.60 Å². The summed E-state index contributed by atoms with van der Waals surface area (Å²) in [5, 5.41) is 3.34. The van der Waals surface area contributed by atoms with E-state index in [-0.39, 0.29) is 11.7 Å². The highest BCUT2D eigenvalue weighted by Gasteiger charge is 2.47. The molecule has 0 unspecified atom stereocenters. The molecule has 0 aromatic carbocycles. The van der Waals surface area contributed by atoms with E-state index >= 15 is 0 Å². The van der Waals surface area contributed by atoms with Gasteiger partial charge in [-0.1, -0.05) is 19.3 Å². The van der Waals surface area contributed by atoms with Gasteiger partial charge in [0.05, 0.1) is 6.54 Å². The van der Waals surface area contributed by atoms with Crippen LogP contribution in [-0.4, -0.2) is 42.3 Å². The molecule has 17 heavy (non-hydrogen) atoms. The smallest absolute Gasteiger partial charge is 0.410 e. The first-order valence-electron chi connectivity index (χ1n) is 6.99. The fourth-order valence-electron chi connectivity index (χ4n) is 3.46. The minimum absolute atomic E-state index is 0.0567. The number of piperidine rings is 1. The van der Waals surface area contributed by atoms with Gasteiger partial charge in [0.15, 0.2) is 0 Å². The van der Waals surface area contributed by atoms with E-state index in [1.165, 1.54) is 32.1 Å². The molecule has 2 heterocycles. The molecule has 4 heteroatoms. The van der Waals surface area contributed by atoms with Gasteiger partial charge in [-0.25, -0.2) is 4.79 Å². The van der Waals surface area contributed by atoms with E-state index in [0.717, 1.165) is 32.5 Å². The molecule has 1 spiro atoms. The zero-order valence-corrected chi connectivity index (χ0v) is 10.4. The van der Waals surface area contributed by atoms with Crippen LogP contribution in [-0.2, 0) is 4.74 Å². The van der Waals surface area contributed by atoms with Crippen LogP contribution in [0.1, 0.15) is 44.9 Å². The second-order valence-electron chi connectivity index (χ2n) is 5.72. The number of nitrogens with zero attached hydrogens (tertiary/aromatic N) is 1. The summed E-state index contributed by atoms with van der Waals surface area (Å²) in [6.45, 7) is 2.79. The Kier molecular flexibility index (Phi) is 2.99. The van der Waals surface area contributed by atoms with Crippen molar-refractivity contribution in [2.45, 2.75) is 56.6 Å². The lowest BCUT2D eigenvalue weighted by atomic mass is 9.90. The maximum Gasteiger partial charge on any atom is 0.410 e. The molecule has 0 aromatic heterocycles. The van der Waals surface area contributed by atoms with E-state index in [0.29, 0.717) is 6.04 Å². The van der Waals surface area contributed by atoms with Crippen LogP contribution < -0.4 is 5.32 Å². The normalized spacial score (nSPS) is 29.6. The van der Waals surface area contributed by atoms with Gasteiger partial charge in [0, 0.05) is 18.9 Å². The van der Waals surface area contributed by atoms with Crippen molar-refractivity contribution >= 4 is 6.09 Å². The molecule has 96 valence electrons. The third-order valence-electron chi connectivity index (χ3n) is 4.53. The predicted octanol–water partition coefficient (Wildman–Crippen LogP) is 1.89. The molecule has 0 bridgehead atoms. The van der Waals surface area contributed by atoms with Crippen LogP contribution in [0.25, 0.3) is 0 Å². The van der Waals surface area contributed by atoms with Crippen molar-refractivity contribution in [1.82, 2.24) is 10.2 Å². The van der Waals surface area contributed by atoms with Gasteiger partial charge < -0.3 is 15.0 Å². The first-order chi connectivity index (χ1) is 8.29. The SMILES string of the molecule is O=C1OC2(CCNCC2)CN1C1CCCCC1. The van der Waals surface area contributed by atoms with Gasteiger partial charge in [-0.05, 0) is 25.9 Å². The highest BCUT2D eigenvalue weighted by Crippen LogP contribution is 2.35. The highest BCUT2D eigenvalue weighted by atomic mass is 16.6. The molecule has 1 saturated carbocycles. The lowest BCUT2D eigenvalue weighted by Crippen LogP contribution is -2.46. The number of amides is 1. The Balaban J connectivity index is 1.68. The molecule has 1 amide bonds. The molecular formula is C13H22N2O2. The van der Waals surface area contributed by atoms with Gasteiger partial charge in [0.2, 0.25) is 0 Å². The summed E-state index contributed by atoms with van der Waals surface area (Å²) in [4.78, 5) is 14.0. The van der Waals surface area contributed by atoms with Gasteiger partial charge in [0.25, 0.3) is 0 Å². The summed E-state index contributed by atoms with van der Waals surface area (Å²) in [5.41, 5.74) is -0.167. The van der Waals surface area contributed by atoms with Gasteiger partial charge in [-0.3, -0.25) is 0 Å². The zero-order chi connectivity index (χ0) is 11.7. The van der Waals surface area contributed by atoms with Crippen LogP contribution in [0.4, 0.5) is 4.79 Å². The Hall–Kier alpha value is -0.770. The average molecular weight is 238 g/mol. The zero-order valence-electron chi connectivity index (χ0n) is 10.4. The number of nitrogens with one attached hydrogen (secondary N) is 1. The Labute approximate surface area is 103 Å². The van der Waals surface area contributed by atoms with Crippen molar-refractivity contribution in [3.8, 4) is 0 Å². The molecule has 3 fully saturated rings. The number of ether oxygens (including phenoxy) is 1. The first kappa shape index (κ1) is 11.3. The largest absolute Gasteiger partial charge is 0.441 e. The molecule has 2 aliphatic heterocycles. The summed E-state index contributed by atoms with van der Waals surface area (Å²) < 4.78 is 5.70. The Morgan fingerprint density at radius 2 is 1.88 bits per heavy atom. The Bertz CT molecular complexity index is 294. The molecule has 4 nitrogen and oxygen atoms in total. The van der Waals surface area contributed by atoms with Crippen LogP contribution >= 0.6 is 0 Å². The maximum absolute atomic E-state index is 12.0. The van der Waals surface area contributed by atoms with Crippen LogP contribution in [0.2, 0.25) is 0 Å². The van der Waals surface area contributed by atoms with Crippen molar-refractivity contribution in [3.05, 3.63) is 0 Å². The maximum atomic E-state index is 12.0. The topological polar surface area (TPSA) is 41.6 Å². The van der Waals surface area contributed by atoms with E-state index in [4.69, 9.17) is 4.74 Å². The number of rotatable bonds is 1. The van der Waals surface area contributed by atoms with E-state index in [1.54, 1.807) is 0 Å². The summed E-state index contributed by atoms with van der Waals surface area (Å²) in [7, 11) is 0. The van der Waals surface area contributed by atoms with Crippen molar-refractivity contribution < 1.29 is 9.53 Å². The van der Waals surface area contributed by atoms with Gasteiger partial charge in [-0.2, -0.15) is 0 Å². The molecule has 0 radical (unpaired) electrons. The van der Waals surface area contributed by atoms with Crippen LogP contribution in [0, 0.1) is 0 Å². The van der Waals surface area contributed by atoms with E-state index in [2.05, 4.69) is 5.32 Å². The van der Waals surface area contributed by atoms with Crippen molar-refractivity contribution in [2.75, 3.05) is 19.6 Å². The number of hydrogen-bond donors (Lipinski definition) is 1. The third kappa shape index (κ3) is 2.15. The van der Waals surface area contributed by atoms with Crippen LogP contribution in [0.15, 0.2) is 0 Å². The summed E-state index contributed by atoms with van der Waals surface area (Å²) in [5.74, 6) is 0. The number of carbonyl (C=O) groups excluding carboxylic acids is 1. The quantitative estimate of drug-likeness (QED) is 0.758. The summed E-state index contributed by atoms with van der Waals surface area (Å²) in [6, 6.07) is 0.450. The number of carbonyl (C=O) groups is 1. The summed E-state index contributed by atoms with van der Waals surface area (Å²) in [6.07, 6.45) is 8.09. The fraction of sp³-hybridized carbons (Fsp3) is 0.923. The molecule has 0 aromatic rings. The van der Waals surface area contributed by atoms with Gasteiger partial charge in [-0.15, -0.1) is 0 Å². The molecule has 3 aliphatic rings. The second-order valence-corrected chi connectivity index (χ2v) is 5.72. The molecule has 1 N–H and O–H groups in total. The fourth-order valence-corrected chi connectivity index (χ4v) is 3.46. The molecule has 1 aliphatic carbocycles. The van der Waals surface area contributed by atoms with E-state index in [9.17, 15) is 4.79 Å². The monoisotopic (exact) mass is 238 g/mol. The third-order valence-corrected chi connectivity index (χ3v) is 4.53. The van der Waals surface area contributed by atoms with Crippen molar-refractivity contribution in [2.24, 2.45) is 0 Å². The molecule has 3 rings (SSSR count). The lowest BCUT2D eigenvalue weighted by Gasteiger charge is -2.33. The second kappa shape index (κ2) is 4.48. The van der Waals surface area contributed by atoms with Crippen molar-refractivity contribution in [3.63, 3.8) is 0 Å². The molecule has 2 saturated heterocycles. The van der Waals surface area contributed by atoms with Crippen LogP contribution in [0.5, 0.6) is 0 Å². The van der Waals surface area contributed by atoms with E-state index < -0.39 is 0 Å². The summed E-state index contributed by atoms with van der Waals surface area (Å²) >= 11 is 0. The Morgan fingerprint density at radius 3 is 2.59 bits per heavy atom. The minimum atomic E-state index is -0.167. The molecular weight excluding hydrogens is 216 g/mol. The number of hydrogen-bond acceptors (Lipinski definition) is 3.